The standard InChI is InChI=1S/C12H15NO3/c1-3-16-11(14)9-13(2)12(15)10-7-5-4-6-8-10/h4-8H,3,9H2,1-2H3. The Morgan fingerprint density at radius 3 is 2.44 bits per heavy atom. The molecule has 0 heterocycles. The molecule has 0 saturated heterocycles. The van der Waals surface area contributed by atoms with Crippen molar-refractivity contribution in [1.29, 1.82) is 0 Å². The molecule has 0 aromatic heterocycles. The van der Waals surface area contributed by atoms with Gasteiger partial charge in [0.15, 0.2) is 0 Å². The molecule has 0 saturated carbocycles. The molecule has 86 valence electrons. The van der Waals surface area contributed by atoms with E-state index in [1.54, 1.807) is 38.2 Å². The number of amides is 1. The van der Waals surface area contributed by atoms with Crippen LogP contribution in [0.2, 0.25) is 0 Å². The van der Waals surface area contributed by atoms with Crippen LogP contribution in [0.25, 0.3) is 0 Å². The first kappa shape index (κ1) is 12.2. The molecular weight excluding hydrogens is 206 g/mol. The summed E-state index contributed by atoms with van der Waals surface area (Å²) < 4.78 is 4.77. The minimum Gasteiger partial charge on any atom is -0.465 e. The van der Waals surface area contributed by atoms with Gasteiger partial charge in [0.25, 0.3) is 5.91 Å². The highest BCUT2D eigenvalue weighted by Gasteiger charge is 2.14. The molecule has 1 aromatic carbocycles. The third-order valence-corrected chi connectivity index (χ3v) is 2.04. The first-order chi connectivity index (χ1) is 7.65. The number of benzene rings is 1. The van der Waals surface area contributed by atoms with Gasteiger partial charge in [0.05, 0.1) is 6.61 Å². The van der Waals surface area contributed by atoms with Crippen LogP contribution in [0.1, 0.15) is 17.3 Å². The number of rotatable bonds is 4. The van der Waals surface area contributed by atoms with Crippen LogP contribution < -0.4 is 0 Å². The molecule has 0 fully saturated rings. The van der Waals surface area contributed by atoms with E-state index >= 15 is 0 Å². The lowest BCUT2D eigenvalue weighted by Crippen LogP contribution is -2.33. The predicted molar refractivity (Wildman–Crippen MR) is 60.0 cm³/mol. The van der Waals surface area contributed by atoms with Crippen LogP contribution in [-0.2, 0) is 9.53 Å². The highest BCUT2D eigenvalue weighted by Crippen LogP contribution is 2.02. The maximum atomic E-state index is 11.8. The van der Waals surface area contributed by atoms with E-state index in [-0.39, 0.29) is 12.5 Å². The van der Waals surface area contributed by atoms with Crippen LogP contribution in [-0.4, -0.2) is 37.0 Å². The van der Waals surface area contributed by atoms with E-state index in [1.807, 2.05) is 6.07 Å². The van der Waals surface area contributed by atoms with Gasteiger partial charge < -0.3 is 9.64 Å². The van der Waals surface area contributed by atoms with Crippen LogP contribution in [0.15, 0.2) is 30.3 Å². The molecule has 16 heavy (non-hydrogen) atoms. The number of carbonyl (C=O) groups excluding carboxylic acids is 2. The van der Waals surface area contributed by atoms with Gasteiger partial charge in [-0.3, -0.25) is 9.59 Å². The number of esters is 1. The van der Waals surface area contributed by atoms with E-state index in [0.29, 0.717) is 12.2 Å². The fourth-order valence-corrected chi connectivity index (χ4v) is 1.27. The summed E-state index contributed by atoms with van der Waals surface area (Å²) in [6.45, 7) is 2.03. The third kappa shape index (κ3) is 3.38. The van der Waals surface area contributed by atoms with Crippen molar-refractivity contribution in [3.8, 4) is 0 Å². The summed E-state index contributed by atoms with van der Waals surface area (Å²) in [4.78, 5) is 24.3. The molecule has 4 heteroatoms. The molecule has 1 aromatic rings. The largest absolute Gasteiger partial charge is 0.465 e. The van der Waals surface area contributed by atoms with Crippen molar-refractivity contribution in [1.82, 2.24) is 4.90 Å². The Bertz CT molecular complexity index is 362. The topological polar surface area (TPSA) is 46.6 Å². The van der Waals surface area contributed by atoms with Crippen molar-refractivity contribution in [3.05, 3.63) is 35.9 Å². The van der Waals surface area contributed by atoms with Crippen molar-refractivity contribution >= 4 is 11.9 Å². The molecular formula is C12H15NO3. The van der Waals surface area contributed by atoms with Gasteiger partial charge in [-0.05, 0) is 19.1 Å². The first-order valence-corrected chi connectivity index (χ1v) is 5.11. The smallest absolute Gasteiger partial charge is 0.325 e. The van der Waals surface area contributed by atoms with E-state index in [0.717, 1.165) is 0 Å². The first-order valence-electron chi connectivity index (χ1n) is 5.11. The van der Waals surface area contributed by atoms with E-state index in [1.165, 1.54) is 4.90 Å². The van der Waals surface area contributed by atoms with Crippen LogP contribution >= 0.6 is 0 Å². The Morgan fingerprint density at radius 2 is 1.88 bits per heavy atom. The predicted octanol–water partition coefficient (Wildman–Crippen LogP) is 1.32. The maximum Gasteiger partial charge on any atom is 0.325 e. The quantitative estimate of drug-likeness (QED) is 0.720. The fraction of sp³-hybridized carbons (Fsp3) is 0.333. The van der Waals surface area contributed by atoms with Gasteiger partial charge in [0.2, 0.25) is 0 Å². The van der Waals surface area contributed by atoms with E-state index in [2.05, 4.69) is 0 Å². The lowest BCUT2D eigenvalue weighted by Gasteiger charge is -2.15. The number of likely N-dealkylation sites (N-methyl/N-ethyl adjacent to an activating group) is 1. The Kier molecular flexibility index (Phi) is 4.51. The van der Waals surface area contributed by atoms with Gasteiger partial charge in [-0.15, -0.1) is 0 Å². The maximum absolute atomic E-state index is 11.8. The molecule has 4 nitrogen and oxygen atoms in total. The van der Waals surface area contributed by atoms with E-state index in [4.69, 9.17) is 4.74 Å². The van der Waals surface area contributed by atoms with E-state index in [9.17, 15) is 9.59 Å². The molecule has 0 aliphatic heterocycles. The molecule has 0 aliphatic rings. The van der Waals surface area contributed by atoms with Gasteiger partial charge in [0.1, 0.15) is 6.54 Å². The molecule has 0 spiro atoms. The van der Waals surface area contributed by atoms with Gasteiger partial charge >= 0.3 is 5.97 Å². The van der Waals surface area contributed by atoms with Crippen LogP contribution in [0.5, 0.6) is 0 Å². The van der Waals surface area contributed by atoms with Gasteiger partial charge in [-0.25, -0.2) is 0 Å². The number of hydrogen-bond acceptors (Lipinski definition) is 3. The molecule has 0 radical (unpaired) electrons. The fourth-order valence-electron chi connectivity index (χ4n) is 1.27. The summed E-state index contributed by atoms with van der Waals surface area (Å²) in [6.07, 6.45) is 0. The Labute approximate surface area is 94.8 Å². The lowest BCUT2D eigenvalue weighted by atomic mass is 10.2. The molecule has 1 amide bonds. The molecule has 1 rings (SSSR count). The average molecular weight is 221 g/mol. The Morgan fingerprint density at radius 1 is 1.25 bits per heavy atom. The van der Waals surface area contributed by atoms with Crippen LogP contribution in [0.3, 0.4) is 0 Å². The second-order valence-corrected chi connectivity index (χ2v) is 3.33. The van der Waals surface area contributed by atoms with Crippen LogP contribution in [0, 0.1) is 0 Å². The average Bonchev–Trinajstić information content (AvgIpc) is 2.29. The summed E-state index contributed by atoms with van der Waals surface area (Å²) in [6, 6.07) is 8.83. The van der Waals surface area contributed by atoms with Crippen molar-refractivity contribution in [2.75, 3.05) is 20.2 Å². The monoisotopic (exact) mass is 221 g/mol. The Hall–Kier alpha value is -1.84. The molecule has 0 aliphatic carbocycles. The zero-order valence-corrected chi connectivity index (χ0v) is 9.47. The second-order valence-electron chi connectivity index (χ2n) is 3.33. The highest BCUT2D eigenvalue weighted by molar-refractivity contribution is 5.95. The zero-order valence-electron chi connectivity index (χ0n) is 9.47. The summed E-state index contributed by atoms with van der Waals surface area (Å²) in [5.74, 6) is -0.581. The molecule has 0 bridgehead atoms. The molecule has 0 N–H and O–H groups in total. The number of nitrogens with zero attached hydrogens (tertiary/aromatic N) is 1. The van der Waals surface area contributed by atoms with Crippen molar-refractivity contribution in [3.63, 3.8) is 0 Å². The number of ether oxygens (including phenoxy) is 1. The summed E-state index contributed by atoms with van der Waals surface area (Å²) in [7, 11) is 1.58. The van der Waals surface area contributed by atoms with Crippen LogP contribution in [0.4, 0.5) is 0 Å². The normalized spacial score (nSPS) is 9.62. The SMILES string of the molecule is CCOC(=O)CN(C)C(=O)c1ccccc1. The van der Waals surface area contributed by atoms with Gasteiger partial charge in [0, 0.05) is 12.6 Å². The van der Waals surface area contributed by atoms with Crippen molar-refractivity contribution in [2.45, 2.75) is 6.92 Å². The van der Waals surface area contributed by atoms with E-state index < -0.39 is 5.97 Å². The number of carbonyl (C=O) groups is 2. The van der Waals surface area contributed by atoms with Gasteiger partial charge in [-0.2, -0.15) is 0 Å². The number of hydrogen-bond donors (Lipinski definition) is 0. The van der Waals surface area contributed by atoms with Crippen molar-refractivity contribution in [2.24, 2.45) is 0 Å². The highest BCUT2D eigenvalue weighted by atomic mass is 16.5. The Balaban J connectivity index is 2.58. The second kappa shape index (κ2) is 5.90. The third-order valence-electron chi connectivity index (χ3n) is 2.04. The minimum absolute atomic E-state index is 0.0262. The van der Waals surface area contributed by atoms with Gasteiger partial charge in [-0.1, -0.05) is 18.2 Å². The summed E-state index contributed by atoms with van der Waals surface area (Å²) in [5.41, 5.74) is 0.564. The molecule has 0 atom stereocenters. The minimum atomic E-state index is -0.394. The lowest BCUT2D eigenvalue weighted by molar-refractivity contribution is -0.143. The van der Waals surface area contributed by atoms with Crippen molar-refractivity contribution < 1.29 is 14.3 Å². The summed E-state index contributed by atoms with van der Waals surface area (Å²) in [5, 5.41) is 0. The zero-order chi connectivity index (χ0) is 12.0. The molecule has 0 unspecified atom stereocenters. The summed E-state index contributed by atoms with van der Waals surface area (Å²) >= 11 is 0.